The molecule has 1 aliphatic heterocycles. The molecular weight excluding hydrogens is 515 g/mol. The minimum atomic E-state index is -0.252. The van der Waals surface area contributed by atoms with Gasteiger partial charge in [0.15, 0.2) is 0 Å². The molecule has 7 heteroatoms. The van der Waals surface area contributed by atoms with Crippen molar-refractivity contribution in [2.45, 2.75) is 50.6 Å². The molecule has 1 amide bonds. The van der Waals surface area contributed by atoms with Crippen molar-refractivity contribution in [3.8, 4) is 11.1 Å². The third kappa shape index (κ3) is 6.80. The van der Waals surface area contributed by atoms with Crippen molar-refractivity contribution in [1.29, 1.82) is 0 Å². The minimum Gasteiger partial charge on any atom is -0.388 e. The summed E-state index contributed by atoms with van der Waals surface area (Å²) in [6, 6.07) is 23.8. The van der Waals surface area contributed by atoms with E-state index < -0.39 is 0 Å². The Bertz CT molecular complexity index is 1450. The number of fused-ring (bicyclic) bond motifs is 1. The number of nitrogens with two attached hydrogens (primary N) is 1. The molecule has 0 bridgehead atoms. The highest BCUT2D eigenvalue weighted by Crippen LogP contribution is 2.33. The zero-order chi connectivity index (χ0) is 28.8. The Hall–Kier alpha value is -3.68. The van der Waals surface area contributed by atoms with Crippen LogP contribution in [0, 0.1) is 5.82 Å². The molecule has 3 aromatic carbocycles. The first kappa shape index (κ1) is 28.8. The Morgan fingerprint density at radius 3 is 2.54 bits per heavy atom. The maximum atomic E-state index is 14.7. The van der Waals surface area contributed by atoms with Crippen LogP contribution in [0.4, 0.5) is 10.1 Å². The summed E-state index contributed by atoms with van der Waals surface area (Å²) >= 11 is 0. The number of hydrogen-bond acceptors (Lipinski definition) is 4. The number of nitrogens with zero attached hydrogens (tertiary/aromatic N) is 2. The van der Waals surface area contributed by atoms with Gasteiger partial charge in [-0.2, -0.15) is 0 Å². The van der Waals surface area contributed by atoms with Crippen LogP contribution in [0.15, 0.2) is 72.8 Å². The summed E-state index contributed by atoms with van der Waals surface area (Å²) < 4.78 is 22.2. The lowest BCUT2D eigenvalue weighted by Crippen LogP contribution is -2.42. The average Bonchev–Trinajstić information content (AvgIpc) is 3.37. The molecule has 1 aromatic heterocycles. The Kier molecular flexibility index (Phi) is 9.37. The molecule has 5 rings (SSSR count). The third-order valence-electron chi connectivity index (χ3n) is 8.24. The molecule has 0 aliphatic carbocycles. The van der Waals surface area contributed by atoms with Crippen molar-refractivity contribution in [1.82, 2.24) is 9.47 Å². The smallest absolute Gasteiger partial charge is 0.224 e. The fraction of sp³-hybridized carbons (Fsp3) is 0.382. The number of halogens is 1. The molecule has 41 heavy (non-hydrogen) atoms. The van der Waals surface area contributed by atoms with E-state index in [0.29, 0.717) is 31.4 Å². The highest BCUT2D eigenvalue weighted by atomic mass is 19.1. The van der Waals surface area contributed by atoms with Gasteiger partial charge in [0.2, 0.25) is 5.91 Å². The van der Waals surface area contributed by atoms with Crippen LogP contribution in [0.3, 0.4) is 0 Å². The first-order valence-electron chi connectivity index (χ1n) is 14.6. The summed E-state index contributed by atoms with van der Waals surface area (Å²) in [6.07, 6.45) is 3.70. The molecule has 0 radical (unpaired) electrons. The Morgan fingerprint density at radius 1 is 1.10 bits per heavy atom. The van der Waals surface area contributed by atoms with Gasteiger partial charge in [-0.25, -0.2) is 4.39 Å². The van der Waals surface area contributed by atoms with Gasteiger partial charge in [-0.3, -0.25) is 4.79 Å². The number of amides is 1. The second-order valence-corrected chi connectivity index (χ2v) is 11.1. The number of hydrogen-bond donors (Lipinski definition) is 2. The van der Waals surface area contributed by atoms with Crippen molar-refractivity contribution in [2.24, 2.45) is 5.73 Å². The summed E-state index contributed by atoms with van der Waals surface area (Å²) in [5.41, 5.74) is 13.0. The standard InChI is InChI=1S/C34H41FN4O2/c1-37-29-15-13-26(14-16-29)25-11-9-24(10-12-25)20-28(36)21-34(40)38-17-4-6-27(23-38)33-22-30-31(35)7-3-8-32(30)39(33)18-5-19-41-2/h3,7-16,22,27-28,37H,4-6,17-21,23,36H2,1-2H3/t27?,28-/m1/s1. The van der Waals surface area contributed by atoms with Gasteiger partial charge in [-0.1, -0.05) is 42.5 Å². The highest BCUT2D eigenvalue weighted by molar-refractivity contribution is 5.82. The van der Waals surface area contributed by atoms with E-state index in [1.807, 2.05) is 24.1 Å². The van der Waals surface area contributed by atoms with E-state index in [0.717, 1.165) is 65.9 Å². The molecule has 0 saturated carbocycles. The topological polar surface area (TPSA) is 72.5 Å². The Morgan fingerprint density at radius 2 is 1.83 bits per heavy atom. The number of aromatic nitrogens is 1. The largest absolute Gasteiger partial charge is 0.388 e. The van der Waals surface area contributed by atoms with E-state index >= 15 is 0 Å². The number of piperidine rings is 1. The second kappa shape index (κ2) is 13.3. The number of likely N-dealkylation sites (tertiary alicyclic amines) is 1. The minimum absolute atomic E-state index is 0.0941. The van der Waals surface area contributed by atoms with E-state index in [1.54, 1.807) is 13.2 Å². The van der Waals surface area contributed by atoms with E-state index in [-0.39, 0.29) is 23.7 Å². The number of ether oxygens (including phenoxy) is 1. The number of nitrogens with one attached hydrogen (secondary N) is 1. The summed E-state index contributed by atoms with van der Waals surface area (Å²) in [5.74, 6) is 0.0494. The summed E-state index contributed by atoms with van der Waals surface area (Å²) in [6.45, 7) is 2.77. The zero-order valence-electron chi connectivity index (χ0n) is 24.1. The number of methoxy groups -OCH3 is 1. The van der Waals surface area contributed by atoms with Crippen molar-refractivity contribution < 1.29 is 13.9 Å². The quantitative estimate of drug-likeness (QED) is 0.216. The molecule has 4 aromatic rings. The van der Waals surface area contributed by atoms with Crippen molar-refractivity contribution in [3.05, 3.63) is 89.9 Å². The summed E-state index contributed by atoms with van der Waals surface area (Å²) in [4.78, 5) is 15.3. The lowest BCUT2D eigenvalue weighted by atomic mass is 9.93. The van der Waals surface area contributed by atoms with Crippen LogP contribution in [-0.2, 0) is 22.5 Å². The van der Waals surface area contributed by atoms with Gasteiger partial charge in [-0.05, 0) is 72.7 Å². The number of carbonyl (C=O) groups excluding carboxylic acids is 1. The van der Waals surface area contributed by atoms with Crippen LogP contribution >= 0.6 is 0 Å². The number of aryl methyl sites for hydroxylation is 1. The summed E-state index contributed by atoms with van der Waals surface area (Å²) in [7, 11) is 3.61. The molecule has 3 N–H and O–H groups in total. The highest BCUT2D eigenvalue weighted by Gasteiger charge is 2.28. The predicted octanol–water partition coefficient (Wildman–Crippen LogP) is 6.19. The molecule has 0 spiro atoms. The van der Waals surface area contributed by atoms with Crippen LogP contribution < -0.4 is 11.1 Å². The lowest BCUT2D eigenvalue weighted by Gasteiger charge is -2.34. The second-order valence-electron chi connectivity index (χ2n) is 11.1. The fourth-order valence-electron chi connectivity index (χ4n) is 6.06. The van der Waals surface area contributed by atoms with E-state index in [1.165, 1.54) is 6.07 Å². The molecule has 1 fully saturated rings. The molecule has 6 nitrogen and oxygen atoms in total. The van der Waals surface area contributed by atoms with Crippen LogP contribution in [0.2, 0.25) is 0 Å². The zero-order valence-corrected chi connectivity index (χ0v) is 24.1. The molecular formula is C34H41FN4O2. The van der Waals surface area contributed by atoms with Crippen LogP contribution in [0.25, 0.3) is 22.0 Å². The van der Waals surface area contributed by atoms with E-state index in [2.05, 4.69) is 58.4 Å². The molecule has 1 saturated heterocycles. The molecule has 2 atom stereocenters. The van der Waals surface area contributed by atoms with Crippen molar-refractivity contribution in [3.63, 3.8) is 0 Å². The normalized spacial score (nSPS) is 16.2. The average molecular weight is 557 g/mol. The van der Waals surface area contributed by atoms with Gasteiger partial charge in [0.25, 0.3) is 0 Å². The maximum absolute atomic E-state index is 14.7. The maximum Gasteiger partial charge on any atom is 0.224 e. The first-order valence-corrected chi connectivity index (χ1v) is 14.6. The van der Waals surface area contributed by atoms with E-state index in [9.17, 15) is 9.18 Å². The van der Waals surface area contributed by atoms with Crippen LogP contribution in [-0.4, -0.2) is 55.3 Å². The SMILES string of the molecule is CNc1ccc(-c2ccc(C[C@@H](N)CC(=O)N3CCCC(c4cc5c(F)cccc5n4CCCOC)C3)cc2)cc1. The van der Waals surface area contributed by atoms with Gasteiger partial charge in [0.1, 0.15) is 5.82 Å². The van der Waals surface area contributed by atoms with Gasteiger partial charge in [-0.15, -0.1) is 0 Å². The predicted molar refractivity (Wildman–Crippen MR) is 165 cm³/mol. The number of carbonyl (C=O) groups is 1. The van der Waals surface area contributed by atoms with Gasteiger partial charge in [0, 0.05) is 75.5 Å². The molecule has 1 aliphatic rings. The summed E-state index contributed by atoms with van der Waals surface area (Å²) in [5, 5.41) is 3.79. The van der Waals surface area contributed by atoms with Gasteiger partial charge < -0.3 is 25.3 Å². The Balaban J connectivity index is 1.21. The van der Waals surface area contributed by atoms with Crippen LogP contribution in [0.1, 0.15) is 42.9 Å². The number of benzene rings is 3. The number of rotatable bonds is 11. The Labute approximate surface area is 242 Å². The third-order valence-corrected chi connectivity index (χ3v) is 8.24. The first-order chi connectivity index (χ1) is 20.0. The molecule has 1 unspecified atom stereocenters. The fourth-order valence-corrected chi connectivity index (χ4v) is 6.06. The molecule has 216 valence electrons. The molecule has 2 heterocycles. The van der Waals surface area contributed by atoms with Gasteiger partial charge in [0.05, 0.1) is 5.52 Å². The van der Waals surface area contributed by atoms with Crippen molar-refractivity contribution in [2.75, 3.05) is 39.2 Å². The monoisotopic (exact) mass is 556 g/mol. The van der Waals surface area contributed by atoms with Crippen LogP contribution in [0.5, 0.6) is 0 Å². The van der Waals surface area contributed by atoms with E-state index in [4.69, 9.17) is 10.5 Å². The number of anilines is 1. The lowest BCUT2D eigenvalue weighted by molar-refractivity contribution is -0.132. The van der Waals surface area contributed by atoms with Gasteiger partial charge >= 0.3 is 0 Å². The van der Waals surface area contributed by atoms with Crippen molar-refractivity contribution >= 4 is 22.5 Å².